The highest BCUT2D eigenvalue weighted by Crippen LogP contribution is 2.15. The summed E-state index contributed by atoms with van der Waals surface area (Å²) in [5, 5.41) is 9.24. The quantitative estimate of drug-likeness (QED) is 0.757. The van der Waals surface area contributed by atoms with Crippen molar-refractivity contribution in [2.24, 2.45) is 0 Å². The van der Waals surface area contributed by atoms with Crippen LogP contribution in [-0.2, 0) is 11.3 Å². The number of amides is 1. The Labute approximate surface area is 139 Å². The lowest BCUT2D eigenvalue weighted by atomic mass is 10.3. The molecule has 0 atom stereocenters. The van der Waals surface area contributed by atoms with Gasteiger partial charge in [0.15, 0.2) is 0 Å². The van der Waals surface area contributed by atoms with E-state index in [1.54, 1.807) is 22.2 Å². The van der Waals surface area contributed by atoms with Gasteiger partial charge in [-0.25, -0.2) is 4.68 Å². The molecule has 2 aromatic heterocycles. The third-order valence-electron chi connectivity index (χ3n) is 3.45. The number of thiophene rings is 1. The molecule has 5 nitrogen and oxygen atoms in total. The summed E-state index contributed by atoms with van der Waals surface area (Å²) in [7, 11) is 1.90. The van der Waals surface area contributed by atoms with Crippen LogP contribution in [0, 0.1) is 0 Å². The zero-order chi connectivity index (χ0) is 16.1. The first-order valence-corrected chi connectivity index (χ1v) is 8.20. The Kier molecular flexibility index (Phi) is 4.73. The van der Waals surface area contributed by atoms with Gasteiger partial charge >= 0.3 is 0 Å². The second-order valence-electron chi connectivity index (χ2n) is 5.19. The summed E-state index contributed by atoms with van der Waals surface area (Å²) in [4.78, 5) is 15.4. The molecule has 0 aliphatic rings. The third kappa shape index (κ3) is 3.98. The molecule has 1 aromatic carbocycles. The van der Waals surface area contributed by atoms with Gasteiger partial charge in [0.05, 0.1) is 19.3 Å². The molecule has 23 heavy (non-hydrogen) atoms. The fourth-order valence-electron chi connectivity index (χ4n) is 2.29. The molecule has 0 spiro atoms. The molecule has 0 fully saturated rings. The zero-order valence-corrected chi connectivity index (χ0v) is 13.7. The summed E-state index contributed by atoms with van der Waals surface area (Å²) < 4.78 is 1.80. The SMILES string of the molecule is CN(CC(=O)Nc1ccnn1Cc1cccs1)c1ccccc1. The maximum Gasteiger partial charge on any atom is 0.245 e. The van der Waals surface area contributed by atoms with E-state index in [4.69, 9.17) is 0 Å². The fraction of sp³-hybridized carbons (Fsp3) is 0.176. The standard InChI is InChI=1S/C17H18N4OS/c1-20(14-6-3-2-4-7-14)13-17(22)19-16-9-10-18-21(16)12-15-8-5-11-23-15/h2-11H,12-13H2,1H3,(H,19,22). The van der Waals surface area contributed by atoms with Crippen LogP contribution in [0.3, 0.4) is 0 Å². The first-order valence-electron chi connectivity index (χ1n) is 7.32. The normalized spacial score (nSPS) is 10.5. The molecule has 0 saturated carbocycles. The Morgan fingerprint density at radius 2 is 2.04 bits per heavy atom. The van der Waals surface area contributed by atoms with Crippen molar-refractivity contribution in [2.45, 2.75) is 6.54 Å². The van der Waals surface area contributed by atoms with E-state index >= 15 is 0 Å². The van der Waals surface area contributed by atoms with Crippen molar-refractivity contribution in [3.05, 3.63) is 65.0 Å². The molecule has 1 N–H and O–H groups in total. The van der Waals surface area contributed by atoms with E-state index in [-0.39, 0.29) is 12.5 Å². The number of hydrogen-bond acceptors (Lipinski definition) is 4. The first kappa shape index (κ1) is 15.3. The average Bonchev–Trinajstić information content (AvgIpc) is 3.21. The fourth-order valence-corrected chi connectivity index (χ4v) is 2.97. The van der Waals surface area contributed by atoms with Crippen molar-refractivity contribution in [1.82, 2.24) is 9.78 Å². The summed E-state index contributed by atoms with van der Waals surface area (Å²) in [6, 6.07) is 15.7. The second kappa shape index (κ2) is 7.11. The molecule has 0 radical (unpaired) electrons. The summed E-state index contributed by atoms with van der Waals surface area (Å²) in [6.07, 6.45) is 1.70. The van der Waals surface area contributed by atoms with Gasteiger partial charge in [0.1, 0.15) is 5.82 Å². The number of carbonyl (C=O) groups excluding carboxylic acids is 1. The monoisotopic (exact) mass is 326 g/mol. The van der Waals surface area contributed by atoms with Crippen molar-refractivity contribution in [3.8, 4) is 0 Å². The number of nitrogens with zero attached hydrogens (tertiary/aromatic N) is 3. The number of likely N-dealkylation sites (N-methyl/N-ethyl adjacent to an activating group) is 1. The number of rotatable bonds is 6. The Bertz CT molecular complexity index is 752. The number of para-hydroxylation sites is 1. The van der Waals surface area contributed by atoms with Gasteiger partial charge in [-0.3, -0.25) is 4.79 Å². The van der Waals surface area contributed by atoms with Crippen LogP contribution in [0.5, 0.6) is 0 Å². The molecule has 0 saturated heterocycles. The minimum Gasteiger partial charge on any atom is -0.365 e. The Morgan fingerprint density at radius 1 is 1.22 bits per heavy atom. The van der Waals surface area contributed by atoms with Crippen LogP contribution < -0.4 is 10.2 Å². The van der Waals surface area contributed by atoms with Crippen LogP contribution in [0.4, 0.5) is 11.5 Å². The summed E-state index contributed by atoms with van der Waals surface area (Å²) in [5.74, 6) is 0.647. The summed E-state index contributed by atoms with van der Waals surface area (Å²) in [5.41, 5.74) is 1.01. The number of anilines is 2. The summed E-state index contributed by atoms with van der Waals surface area (Å²) >= 11 is 1.67. The molecular weight excluding hydrogens is 308 g/mol. The number of benzene rings is 1. The number of aromatic nitrogens is 2. The molecule has 0 aliphatic heterocycles. The number of nitrogens with one attached hydrogen (secondary N) is 1. The molecule has 0 unspecified atom stereocenters. The molecule has 3 aromatic rings. The Morgan fingerprint density at radius 3 is 2.78 bits per heavy atom. The predicted octanol–water partition coefficient (Wildman–Crippen LogP) is 3.07. The van der Waals surface area contributed by atoms with E-state index in [1.165, 1.54) is 4.88 Å². The number of hydrogen-bond donors (Lipinski definition) is 1. The lowest BCUT2D eigenvalue weighted by Crippen LogP contribution is -2.30. The zero-order valence-electron chi connectivity index (χ0n) is 12.8. The van der Waals surface area contributed by atoms with Gasteiger partial charge in [0.25, 0.3) is 0 Å². The molecular formula is C17H18N4OS. The maximum atomic E-state index is 12.3. The lowest BCUT2D eigenvalue weighted by molar-refractivity contribution is -0.115. The van der Waals surface area contributed by atoms with E-state index in [2.05, 4.69) is 16.5 Å². The largest absolute Gasteiger partial charge is 0.365 e. The first-order chi connectivity index (χ1) is 11.2. The van der Waals surface area contributed by atoms with E-state index < -0.39 is 0 Å². The Balaban J connectivity index is 1.61. The van der Waals surface area contributed by atoms with Crippen molar-refractivity contribution in [2.75, 3.05) is 23.8 Å². The molecule has 0 aliphatic carbocycles. The Hall–Kier alpha value is -2.60. The van der Waals surface area contributed by atoms with Gasteiger partial charge < -0.3 is 10.2 Å². The van der Waals surface area contributed by atoms with Crippen molar-refractivity contribution >= 4 is 28.7 Å². The van der Waals surface area contributed by atoms with Gasteiger partial charge in [-0.05, 0) is 23.6 Å². The van der Waals surface area contributed by atoms with Crippen LogP contribution >= 0.6 is 11.3 Å². The van der Waals surface area contributed by atoms with E-state index in [9.17, 15) is 4.79 Å². The highest BCUT2D eigenvalue weighted by atomic mass is 32.1. The van der Waals surface area contributed by atoms with Crippen molar-refractivity contribution < 1.29 is 4.79 Å². The van der Waals surface area contributed by atoms with Crippen LogP contribution in [0.2, 0.25) is 0 Å². The minimum atomic E-state index is -0.0655. The highest BCUT2D eigenvalue weighted by Gasteiger charge is 2.11. The second-order valence-corrected chi connectivity index (χ2v) is 6.23. The molecule has 1 amide bonds. The van der Waals surface area contributed by atoms with E-state index in [0.29, 0.717) is 12.4 Å². The lowest BCUT2D eigenvalue weighted by Gasteiger charge is -2.18. The number of carbonyl (C=O) groups is 1. The van der Waals surface area contributed by atoms with Gasteiger partial charge in [-0.2, -0.15) is 5.10 Å². The molecule has 0 bridgehead atoms. The third-order valence-corrected chi connectivity index (χ3v) is 4.31. The maximum absolute atomic E-state index is 12.3. The van der Waals surface area contributed by atoms with Crippen LogP contribution in [-0.4, -0.2) is 29.3 Å². The van der Waals surface area contributed by atoms with E-state index in [1.807, 2.05) is 59.8 Å². The molecule has 6 heteroatoms. The minimum absolute atomic E-state index is 0.0655. The topological polar surface area (TPSA) is 50.2 Å². The van der Waals surface area contributed by atoms with Gasteiger partial charge in [0, 0.05) is 23.7 Å². The van der Waals surface area contributed by atoms with Gasteiger partial charge in [0.2, 0.25) is 5.91 Å². The predicted molar refractivity (Wildman–Crippen MR) is 94.0 cm³/mol. The van der Waals surface area contributed by atoms with Crippen molar-refractivity contribution in [3.63, 3.8) is 0 Å². The molecule has 118 valence electrons. The smallest absolute Gasteiger partial charge is 0.245 e. The average molecular weight is 326 g/mol. The molecule has 2 heterocycles. The summed E-state index contributed by atoms with van der Waals surface area (Å²) in [6.45, 7) is 0.947. The van der Waals surface area contributed by atoms with Crippen molar-refractivity contribution in [1.29, 1.82) is 0 Å². The van der Waals surface area contributed by atoms with Gasteiger partial charge in [-0.15, -0.1) is 11.3 Å². The van der Waals surface area contributed by atoms with Crippen LogP contribution in [0.15, 0.2) is 60.1 Å². The van der Waals surface area contributed by atoms with Crippen LogP contribution in [0.1, 0.15) is 4.88 Å². The van der Waals surface area contributed by atoms with E-state index in [0.717, 1.165) is 5.69 Å². The molecule has 3 rings (SSSR count). The van der Waals surface area contributed by atoms with Crippen LogP contribution in [0.25, 0.3) is 0 Å². The van der Waals surface area contributed by atoms with Gasteiger partial charge in [-0.1, -0.05) is 24.3 Å². The highest BCUT2D eigenvalue weighted by molar-refractivity contribution is 7.09.